The Labute approximate surface area is 109 Å². The third kappa shape index (κ3) is 15.5. The quantitative estimate of drug-likeness (QED) is 0.270. The molecule has 0 N–H and O–H groups in total. The van der Waals surface area contributed by atoms with Crippen molar-refractivity contribution in [2.45, 2.75) is 84.5 Å². The molecule has 0 unspecified atom stereocenters. The Bertz CT molecular complexity index is 176. The fourth-order valence-electron chi connectivity index (χ4n) is 1.90. The Kier molecular flexibility index (Phi) is 15.0. The highest BCUT2D eigenvalue weighted by Gasteiger charge is 1.86. The largest absolute Gasteiger partial charge is 0.0845 e. The minimum absolute atomic E-state index is 1.25. The van der Waals surface area contributed by atoms with Gasteiger partial charge in [-0.3, -0.25) is 0 Å². The summed E-state index contributed by atoms with van der Waals surface area (Å²) in [6.07, 6.45) is 24.0. The van der Waals surface area contributed by atoms with E-state index in [1.165, 1.54) is 70.6 Å². The zero-order chi connectivity index (χ0) is 12.6. The second-order valence-corrected chi connectivity index (χ2v) is 4.91. The van der Waals surface area contributed by atoms with Gasteiger partial charge in [0.05, 0.1) is 0 Å². The van der Waals surface area contributed by atoms with E-state index in [2.05, 4.69) is 38.2 Å². The molecule has 0 bridgehead atoms. The lowest BCUT2D eigenvalue weighted by atomic mass is 10.1. The molecule has 0 nitrogen and oxygen atoms in total. The molecule has 0 aliphatic carbocycles. The molecule has 0 rings (SSSR count). The van der Waals surface area contributed by atoms with E-state index >= 15 is 0 Å². The van der Waals surface area contributed by atoms with E-state index in [4.69, 9.17) is 0 Å². The predicted octanol–water partition coefficient (Wildman–Crippen LogP) is 6.43. The second kappa shape index (κ2) is 15.5. The van der Waals surface area contributed by atoms with Crippen LogP contribution < -0.4 is 0 Å². The van der Waals surface area contributed by atoms with Gasteiger partial charge in [0, 0.05) is 0 Å². The van der Waals surface area contributed by atoms with Gasteiger partial charge < -0.3 is 0 Å². The van der Waals surface area contributed by atoms with E-state index in [-0.39, 0.29) is 0 Å². The zero-order valence-corrected chi connectivity index (χ0v) is 12.1. The number of rotatable bonds is 12. The number of unbranched alkanes of at least 4 members (excludes halogenated alkanes) is 9. The Balaban J connectivity index is 3.15. The summed E-state index contributed by atoms with van der Waals surface area (Å²) < 4.78 is 0. The molecule has 0 aliphatic heterocycles. The van der Waals surface area contributed by atoms with Crippen molar-refractivity contribution in [2.24, 2.45) is 0 Å². The van der Waals surface area contributed by atoms with Crippen molar-refractivity contribution in [3.8, 4) is 0 Å². The number of hydrogen-bond acceptors (Lipinski definition) is 0. The summed E-state index contributed by atoms with van der Waals surface area (Å²) in [5.41, 5.74) is 0. The molecule has 0 aromatic carbocycles. The molecule has 0 atom stereocenters. The molecule has 0 fully saturated rings. The van der Waals surface area contributed by atoms with Crippen LogP contribution in [0.15, 0.2) is 24.3 Å². The lowest BCUT2D eigenvalue weighted by Crippen LogP contribution is -1.75. The van der Waals surface area contributed by atoms with Gasteiger partial charge >= 0.3 is 0 Å². The molecular formula is C17H32. The summed E-state index contributed by atoms with van der Waals surface area (Å²) in [4.78, 5) is 0. The normalized spacial score (nSPS) is 11.9. The van der Waals surface area contributed by atoms with Gasteiger partial charge in [-0.25, -0.2) is 0 Å². The average Bonchev–Trinajstić information content (AvgIpc) is 2.35. The van der Waals surface area contributed by atoms with Gasteiger partial charge in [0.25, 0.3) is 0 Å². The van der Waals surface area contributed by atoms with Crippen molar-refractivity contribution in [3.63, 3.8) is 0 Å². The monoisotopic (exact) mass is 236 g/mol. The van der Waals surface area contributed by atoms with Crippen LogP contribution in [0.1, 0.15) is 84.5 Å². The standard InChI is InChI=1S/C17H32/c1-3-5-7-9-11-13-15-17-16-14-12-10-8-6-4-2/h13,15-17H,3-12,14H2,1-2H3/b15-13+,17-16-. The van der Waals surface area contributed by atoms with Gasteiger partial charge in [-0.2, -0.15) is 0 Å². The third-order valence-electron chi connectivity index (χ3n) is 3.08. The zero-order valence-electron chi connectivity index (χ0n) is 12.1. The van der Waals surface area contributed by atoms with Gasteiger partial charge in [0.2, 0.25) is 0 Å². The molecule has 0 saturated carbocycles. The van der Waals surface area contributed by atoms with E-state index in [1.807, 2.05) is 0 Å². The Morgan fingerprint density at radius 3 is 1.41 bits per heavy atom. The van der Waals surface area contributed by atoms with Gasteiger partial charge in [0.1, 0.15) is 0 Å². The van der Waals surface area contributed by atoms with Gasteiger partial charge in [-0.05, 0) is 25.7 Å². The molecule has 0 amide bonds. The highest BCUT2D eigenvalue weighted by atomic mass is 13.9. The molecule has 100 valence electrons. The van der Waals surface area contributed by atoms with E-state index in [1.54, 1.807) is 0 Å². The van der Waals surface area contributed by atoms with Gasteiger partial charge in [-0.15, -0.1) is 0 Å². The van der Waals surface area contributed by atoms with E-state index in [9.17, 15) is 0 Å². The van der Waals surface area contributed by atoms with Crippen LogP contribution in [-0.4, -0.2) is 0 Å². The Morgan fingerprint density at radius 1 is 0.529 bits per heavy atom. The fraction of sp³-hybridized carbons (Fsp3) is 0.765. The van der Waals surface area contributed by atoms with Crippen LogP contribution in [-0.2, 0) is 0 Å². The van der Waals surface area contributed by atoms with E-state index in [0.717, 1.165) is 0 Å². The molecule has 0 aromatic heterocycles. The van der Waals surface area contributed by atoms with Crippen molar-refractivity contribution in [1.82, 2.24) is 0 Å². The highest BCUT2D eigenvalue weighted by molar-refractivity contribution is 5.02. The van der Waals surface area contributed by atoms with Crippen LogP contribution in [0.3, 0.4) is 0 Å². The number of hydrogen-bond donors (Lipinski definition) is 0. The van der Waals surface area contributed by atoms with Crippen LogP contribution >= 0.6 is 0 Å². The first-order chi connectivity index (χ1) is 8.41. The van der Waals surface area contributed by atoms with Crippen LogP contribution in [0.25, 0.3) is 0 Å². The molecule has 0 heteroatoms. The average molecular weight is 236 g/mol. The molecule has 0 heterocycles. The summed E-state index contributed by atoms with van der Waals surface area (Å²) in [7, 11) is 0. The van der Waals surface area contributed by atoms with Crippen molar-refractivity contribution in [2.75, 3.05) is 0 Å². The maximum atomic E-state index is 2.31. The molecule has 0 aromatic rings. The maximum absolute atomic E-state index is 2.31. The summed E-state index contributed by atoms with van der Waals surface area (Å²) in [5.74, 6) is 0. The lowest BCUT2D eigenvalue weighted by Gasteiger charge is -1.95. The summed E-state index contributed by atoms with van der Waals surface area (Å²) >= 11 is 0. The van der Waals surface area contributed by atoms with E-state index < -0.39 is 0 Å². The summed E-state index contributed by atoms with van der Waals surface area (Å²) in [6, 6.07) is 0. The topological polar surface area (TPSA) is 0 Å². The SMILES string of the molecule is CCCCCC/C=C/C=C\CCCCCCC. The molecule has 17 heavy (non-hydrogen) atoms. The van der Waals surface area contributed by atoms with Crippen LogP contribution in [0.2, 0.25) is 0 Å². The first-order valence-corrected chi connectivity index (χ1v) is 7.73. The minimum atomic E-state index is 1.25. The fourth-order valence-corrected chi connectivity index (χ4v) is 1.90. The van der Waals surface area contributed by atoms with Gasteiger partial charge in [0.15, 0.2) is 0 Å². The smallest absolute Gasteiger partial charge is 0.0348 e. The van der Waals surface area contributed by atoms with Crippen LogP contribution in [0, 0.1) is 0 Å². The second-order valence-electron chi connectivity index (χ2n) is 4.91. The molecule has 0 saturated heterocycles. The third-order valence-corrected chi connectivity index (χ3v) is 3.08. The minimum Gasteiger partial charge on any atom is -0.0845 e. The van der Waals surface area contributed by atoms with Crippen LogP contribution in [0.5, 0.6) is 0 Å². The van der Waals surface area contributed by atoms with Gasteiger partial charge in [-0.1, -0.05) is 83.1 Å². The molecular weight excluding hydrogens is 204 g/mol. The molecule has 0 spiro atoms. The van der Waals surface area contributed by atoms with Crippen molar-refractivity contribution < 1.29 is 0 Å². The summed E-state index contributed by atoms with van der Waals surface area (Å²) in [6.45, 7) is 4.53. The van der Waals surface area contributed by atoms with Crippen LogP contribution in [0.4, 0.5) is 0 Å². The summed E-state index contributed by atoms with van der Waals surface area (Å²) in [5, 5.41) is 0. The van der Waals surface area contributed by atoms with Crippen molar-refractivity contribution in [3.05, 3.63) is 24.3 Å². The lowest BCUT2D eigenvalue weighted by molar-refractivity contribution is 0.637. The van der Waals surface area contributed by atoms with E-state index in [0.29, 0.717) is 0 Å². The first-order valence-electron chi connectivity index (χ1n) is 7.73. The maximum Gasteiger partial charge on any atom is -0.0348 e. The van der Waals surface area contributed by atoms with Crippen molar-refractivity contribution >= 4 is 0 Å². The predicted molar refractivity (Wildman–Crippen MR) is 80.4 cm³/mol. The molecule has 0 radical (unpaired) electrons. The Morgan fingerprint density at radius 2 is 0.941 bits per heavy atom. The first kappa shape index (κ1) is 16.5. The molecule has 0 aliphatic rings. The van der Waals surface area contributed by atoms with Crippen molar-refractivity contribution in [1.29, 1.82) is 0 Å². The number of allylic oxidation sites excluding steroid dienone is 4. The highest BCUT2D eigenvalue weighted by Crippen LogP contribution is 2.06. The Hall–Kier alpha value is -0.520.